The van der Waals surface area contributed by atoms with Crippen LogP contribution in [0.5, 0.6) is 0 Å². The van der Waals surface area contributed by atoms with Crippen molar-refractivity contribution in [3.63, 3.8) is 0 Å². The van der Waals surface area contributed by atoms with Crippen LogP contribution < -0.4 is 0 Å². The molecule has 1 atom stereocenters. The molecule has 1 aromatic rings. The summed E-state index contributed by atoms with van der Waals surface area (Å²) in [5.41, 5.74) is 0.965. The van der Waals surface area contributed by atoms with Gasteiger partial charge in [-0.15, -0.1) is 0 Å². The molecule has 1 unspecified atom stereocenters. The van der Waals surface area contributed by atoms with E-state index in [0.717, 1.165) is 5.56 Å². The maximum atomic E-state index is 8.54. The lowest BCUT2D eigenvalue weighted by Gasteiger charge is -1.89. The van der Waals surface area contributed by atoms with Gasteiger partial charge < -0.3 is 5.11 Å². The Labute approximate surface area is 66.6 Å². The fourth-order valence-corrected chi connectivity index (χ4v) is 0.583. The van der Waals surface area contributed by atoms with Crippen molar-refractivity contribution in [2.75, 3.05) is 0 Å². The molecule has 0 saturated heterocycles. The monoisotopic (exact) mass is 173 g/mol. The second-order valence-electron chi connectivity index (χ2n) is 1.73. The molecule has 0 spiro atoms. The van der Waals surface area contributed by atoms with Crippen LogP contribution in [-0.2, 0) is 11.2 Å². The third-order valence-electron chi connectivity index (χ3n) is 1.03. The van der Waals surface area contributed by atoms with Gasteiger partial charge in [-0.05, 0) is 10.1 Å². The highest BCUT2D eigenvalue weighted by Gasteiger charge is 1.81. The van der Waals surface area contributed by atoms with Crippen LogP contribution in [0.4, 0.5) is 0 Å². The predicted molar refractivity (Wildman–Crippen MR) is 43.6 cm³/mol. The molecule has 0 bridgehead atoms. The molecule has 0 aliphatic rings. The fraction of sp³-hybridized carbons (Fsp3) is 0.143. The van der Waals surface area contributed by atoms with Gasteiger partial charge in [-0.3, -0.25) is 0 Å². The molecule has 60 valence electrons. The molecule has 1 rings (SSSR count). The zero-order valence-corrected chi connectivity index (χ0v) is 6.90. The maximum absolute atomic E-state index is 8.54. The molecule has 0 fully saturated rings. The van der Waals surface area contributed by atoms with Gasteiger partial charge in [0.2, 0.25) is 0 Å². The third-order valence-corrected chi connectivity index (χ3v) is 1.03. The van der Waals surface area contributed by atoms with Crippen molar-refractivity contribution in [2.24, 2.45) is 0 Å². The van der Waals surface area contributed by atoms with E-state index in [-0.39, 0.29) is 6.61 Å². The lowest BCUT2D eigenvalue weighted by Crippen LogP contribution is -1.77. The Balaban J connectivity index is 0.000000292. The van der Waals surface area contributed by atoms with E-state index in [2.05, 4.69) is 0 Å². The van der Waals surface area contributed by atoms with Crippen LogP contribution in [-0.4, -0.2) is 10.00 Å². The van der Waals surface area contributed by atoms with Gasteiger partial charge in [0.15, 0.2) is 0 Å². The molecule has 0 amide bonds. The Hall–Kier alpha value is -0.760. The third kappa shape index (κ3) is 5.67. The Morgan fingerprint density at radius 1 is 1.27 bits per heavy atom. The lowest BCUT2D eigenvalue weighted by atomic mass is 10.2. The normalized spacial score (nSPS) is 8.55. The molecule has 0 heterocycles. The van der Waals surface area contributed by atoms with Crippen LogP contribution in [0.2, 0.25) is 0 Å². The molecule has 11 heavy (non-hydrogen) atoms. The Morgan fingerprint density at radius 2 is 1.73 bits per heavy atom. The highest BCUT2D eigenvalue weighted by atomic mass is 31.1. The van der Waals surface area contributed by atoms with E-state index in [0.29, 0.717) is 0 Å². The SMILES string of the molecule is O=[PH+]O.OCc1ccccc1. The molecule has 3 nitrogen and oxygen atoms in total. The average Bonchev–Trinajstić information content (AvgIpc) is 2.08. The first-order valence-electron chi connectivity index (χ1n) is 3.01. The number of rotatable bonds is 1. The summed E-state index contributed by atoms with van der Waals surface area (Å²) in [6, 6.07) is 9.52. The summed E-state index contributed by atoms with van der Waals surface area (Å²) >= 11 is 0. The van der Waals surface area contributed by atoms with Crippen LogP contribution >= 0.6 is 8.69 Å². The molecule has 0 radical (unpaired) electrons. The van der Waals surface area contributed by atoms with Crippen LogP contribution in [0.15, 0.2) is 30.3 Å². The van der Waals surface area contributed by atoms with Gasteiger partial charge in [0.1, 0.15) is 0 Å². The van der Waals surface area contributed by atoms with E-state index in [9.17, 15) is 0 Å². The van der Waals surface area contributed by atoms with E-state index in [1.165, 1.54) is 0 Å². The Kier molecular flexibility index (Phi) is 6.84. The zero-order chi connectivity index (χ0) is 8.53. The van der Waals surface area contributed by atoms with Crippen LogP contribution in [0.3, 0.4) is 0 Å². The Morgan fingerprint density at radius 3 is 2.00 bits per heavy atom. The van der Waals surface area contributed by atoms with Crippen LogP contribution in [0.25, 0.3) is 0 Å². The van der Waals surface area contributed by atoms with Crippen molar-refractivity contribution < 1.29 is 14.6 Å². The van der Waals surface area contributed by atoms with Crippen molar-refractivity contribution >= 4 is 8.69 Å². The zero-order valence-electron chi connectivity index (χ0n) is 5.90. The molecule has 0 aliphatic carbocycles. The van der Waals surface area contributed by atoms with Crippen molar-refractivity contribution in [2.45, 2.75) is 6.61 Å². The van der Waals surface area contributed by atoms with Crippen LogP contribution in [0, 0.1) is 0 Å². The van der Waals surface area contributed by atoms with Gasteiger partial charge >= 0.3 is 8.69 Å². The van der Waals surface area contributed by atoms with E-state index in [1.807, 2.05) is 30.3 Å². The molecule has 0 aromatic heterocycles. The van der Waals surface area contributed by atoms with Gasteiger partial charge in [-0.1, -0.05) is 30.3 Å². The standard InChI is InChI=1S/C7H8O.HO2P/c8-6-7-4-2-1-3-5-7;1-3-2/h1-5,8H,6H2;3H/p+1. The summed E-state index contributed by atoms with van der Waals surface area (Å²) in [6.07, 6.45) is 0. The number of benzene rings is 1. The van der Waals surface area contributed by atoms with E-state index in [1.54, 1.807) is 0 Å². The second kappa shape index (κ2) is 7.35. The highest BCUT2D eigenvalue weighted by molar-refractivity contribution is 7.16. The van der Waals surface area contributed by atoms with Gasteiger partial charge in [-0.2, -0.15) is 4.89 Å². The molecular weight excluding hydrogens is 163 g/mol. The quantitative estimate of drug-likeness (QED) is 0.625. The van der Waals surface area contributed by atoms with Crippen molar-refractivity contribution in [1.29, 1.82) is 0 Å². The summed E-state index contributed by atoms with van der Waals surface area (Å²) in [7, 11) is -1.17. The fourth-order valence-electron chi connectivity index (χ4n) is 0.583. The summed E-state index contributed by atoms with van der Waals surface area (Å²) in [4.78, 5) is 7.04. The van der Waals surface area contributed by atoms with Crippen LogP contribution in [0.1, 0.15) is 5.56 Å². The minimum absolute atomic E-state index is 0.140. The number of aliphatic hydroxyl groups excluding tert-OH is 1. The first-order chi connectivity index (χ1) is 5.35. The maximum Gasteiger partial charge on any atom is 0.491 e. The summed E-state index contributed by atoms with van der Waals surface area (Å²) in [5, 5.41) is 8.54. The lowest BCUT2D eigenvalue weighted by molar-refractivity contribution is 0.282. The average molecular weight is 173 g/mol. The summed E-state index contributed by atoms with van der Waals surface area (Å²) < 4.78 is 8.51. The van der Waals surface area contributed by atoms with Crippen molar-refractivity contribution in [1.82, 2.24) is 0 Å². The number of hydrogen-bond acceptors (Lipinski definition) is 2. The minimum Gasteiger partial charge on any atom is -0.392 e. The Bertz CT molecular complexity index is 188. The molecule has 0 aliphatic heterocycles. The van der Waals surface area contributed by atoms with Crippen molar-refractivity contribution in [3.8, 4) is 0 Å². The molecule has 2 N–H and O–H groups in total. The van der Waals surface area contributed by atoms with E-state index in [4.69, 9.17) is 14.6 Å². The molecule has 1 aromatic carbocycles. The summed E-state index contributed by atoms with van der Waals surface area (Å²) in [5.74, 6) is 0. The topological polar surface area (TPSA) is 57.5 Å². The van der Waals surface area contributed by atoms with Crippen molar-refractivity contribution in [3.05, 3.63) is 35.9 Å². The molecule has 0 saturated carbocycles. The summed E-state index contributed by atoms with van der Waals surface area (Å²) in [6.45, 7) is 0.140. The first-order valence-corrected chi connectivity index (χ1v) is 3.86. The highest BCUT2D eigenvalue weighted by Crippen LogP contribution is 1.95. The predicted octanol–water partition coefficient (Wildman–Crippen LogP) is 1.10. The van der Waals surface area contributed by atoms with Gasteiger partial charge in [0, 0.05) is 0 Å². The minimum atomic E-state index is -1.17. The smallest absolute Gasteiger partial charge is 0.392 e. The molecular formula is C7H10O3P+. The molecule has 4 heteroatoms. The largest absolute Gasteiger partial charge is 0.491 e. The van der Waals surface area contributed by atoms with Gasteiger partial charge in [0.25, 0.3) is 0 Å². The second-order valence-corrected chi connectivity index (χ2v) is 1.92. The van der Waals surface area contributed by atoms with Gasteiger partial charge in [-0.25, -0.2) is 0 Å². The first kappa shape index (κ1) is 10.2. The van der Waals surface area contributed by atoms with Gasteiger partial charge in [0.05, 0.1) is 6.61 Å². The number of aliphatic hydroxyl groups is 1. The number of hydrogen-bond donors (Lipinski definition) is 2. The van der Waals surface area contributed by atoms with E-state index < -0.39 is 8.69 Å². The van der Waals surface area contributed by atoms with E-state index >= 15 is 0 Å².